The number of hydrogen-bond acceptors (Lipinski definition) is 5. The standard InChI is InChI=1S/C13H12F3N3O2/c14-13(15,16)12(20)6-7-19(8-12)11-17-10(21-18-11)9-4-2-1-3-5-9/h1-5,20H,6-8H2/t12-/m1/s1. The van der Waals surface area contributed by atoms with Crippen molar-refractivity contribution in [2.75, 3.05) is 18.0 Å². The van der Waals surface area contributed by atoms with Crippen LogP contribution in [0.25, 0.3) is 11.5 Å². The predicted molar refractivity (Wildman–Crippen MR) is 67.6 cm³/mol. The van der Waals surface area contributed by atoms with Crippen molar-refractivity contribution in [1.29, 1.82) is 0 Å². The van der Waals surface area contributed by atoms with Crippen molar-refractivity contribution in [3.8, 4) is 11.5 Å². The summed E-state index contributed by atoms with van der Waals surface area (Å²) in [5.41, 5.74) is -2.04. The number of anilines is 1. The molecule has 0 aliphatic carbocycles. The first-order chi connectivity index (χ1) is 9.89. The summed E-state index contributed by atoms with van der Waals surface area (Å²) in [5, 5.41) is 13.3. The number of nitrogens with zero attached hydrogens (tertiary/aromatic N) is 3. The van der Waals surface area contributed by atoms with Gasteiger partial charge >= 0.3 is 6.18 Å². The minimum absolute atomic E-state index is 0.0176. The van der Waals surface area contributed by atoms with Crippen LogP contribution in [0.5, 0.6) is 0 Å². The smallest absolute Gasteiger partial charge is 0.379 e. The first kappa shape index (κ1) is 13.9. The quantitative estimate of drug-likeness (QED) is 0.921. The van der Waals surface area contributed by atoms with Gasteiger partial charge in [-0.3, -0.25) is 0 Å². The average molecular weight is 299 g/mol. The van der Waals surface area contributed by atoms with Crippen LogP contribution in [-0.2, 0) is 0 Å². The Balaban J connectivity index is 1.80. The third-order valence-corrected chi connectivity index (χ3v) is 3.49. The number of aliphatic hydroxyl groups is 1. The van der Waals surface area contributed by atoms with Crippen molar-refractivity contribution in [2.24, 2.45) is 0 Å². The van der Waals surface area contributed by atoms with Crippen molar-refractivity contribution < 1.29 is 22.8 Å². The van der Waals surface area contributed by atoms with Crippen LogP contribution in [0.1, 0.15) is 6.42 Å². The molecule has 0 spiro atoms. The van der Waals surface area contributed by atoms with Crippen molar-refractivity contribution in [3.63, 3.8) is 0 Å². The molecular weight excluding hydrogens is 287 g/mol. The molecule has 5 nitrogen and oxygen atoms in total. The lowest BCUT2D eigenvalue weighted by Crippen LogP contribution is -2.47. The number of halogens is 3. The molecule has 2 heterocycles. The van der Waals surface area contributed by atoms with E-state index in [0.29, 0.717) is 5.56 Å². The summed E-state index contributed by atoms with van der Waals surface area (Å²) < 4.78 is 43.3. The van der Waals surface area contributed by atoms with Crippen LogP contribution in [0.4, 0.5) is 19.1 Å². The van der Waals surface area contributed by atoms with Gasteiger partial charge in [-0.1, -0.05) is 18.2 Å². The Morgan fingerprint density at radius 3 is 2.57 bits per heavy atom. The van der Waals surface area contributed by atoms with E-state index in [9.17, 15) is 18.3 Å². The SMILES string of the molecule is O[C@]1(C(F)(F)F)CCN(c2noc(-c3ccccc3)n2)C1. The third-order valence-electron chi connectivity index (χ3n) is 3.49. The zero-order chi connectivity index (χ0) is 15.1. The van der Waals surface area contributed by atoms with Gasteiger partial charge in [0.05, 0.1) is 6.54 Å². The molecule has 0 amide bonds. The molecular formula is C13H12F3N3O2. The fourth-order valence-electron chi connectivity index (χ4n) is 2.24. The van der Waals surface area contributed by atoms with Gasteiger partial charge in [-0.25, -0.2) is 0 Å². The Labute approximate surface area is 118 Å². The maximum absolute atomic E-state index is 12.8. The van der Waals surface area contributed by atoms with Gasteiger partial charge in [-0.15, -0.1) is 0 Å². The fraction of sp³-hybridized carbons (Fsp3) is 0.385. The van der Waals surface area contributed by atoms with Gasteiger partial charge in [-0.05, 0) is 17.3 Å². The van der Waals surface area contributed by atoms with Crippen molar-refractivity contribution in [2.45, 2.75) is 18.2 Å². The first-order valence-corrected chi connectivity index (χ1v) is 6.32. The lowest BCUT2D eigenvalue weighted by atomic mass is 10.0. The minimum Gasteiger partial charge on any atom is -0.379 e. The molecule has 1 atom stereocenters. The Bertz CT molecular complexity index is 629. The largest absolute Gasteiger partial charge is 0.419 e. The molecule has 1 aromatic heterocycles. The minimum atomic E-state index is -4.67. The molecule has 1 aliphatic heterocycles. The lowest BCUT2D eigenvalue weighted by molar-refractivity contribution is -0.250. The van der Waals surface area contributed by atoms with Crippen LogP contribution in [-0.4, -0.2) is 40.1 Å². The number of β-amino-alcohol motifs (C(OH)–C–C–N with tert-alkyl or cyclic N) is 1. The zero-order valence-electron chi connectivity index (χ0n) is 10.8. The number of rotatable bonds is 2. The molecule has 8 heteroatoms. The van der Waals surface area contributed by atoms with Crippen molar-refractivity contribution in [1.82, 2.24) is 10.1 Å². The topological polar surface area (TPSA) is 62.4 Å². The van der Waals surface area contributed by atoms with Gasteiger partial charge in [0.25, 0.3) is 11.8 Å². The predicted octanol–water partition coefficient (Wildman–Crippen LogP) is 2.24. The normalized spacial score (nSPS) is 22.8. The molecule has 112 valence electrons. The second-order valence-electron chi connectivity index (χ2n) is 4.97. The highest BCUT2D eigenvalue weighted by atomic mass is 19.4. The molecule has 0 radical (unpaired) electrons. The molecule has 1 aliphatic rings. The van der Waals surface area contributed by atoms with Gasteiger partial charge in [0.15, 0.2) is 5.60 Å². The second kappa shape index (κ2) is 4.73. The monoisotopic (exact) mass is 299 g/mol. The molecule has 0 unspecified atom stereocenters. The molecule has 21 heavy (non-hydrogen) atoms. The summed E-state index contributed by atoms with van der Waals surface area (Å²) in [6.45, 7) is -0.575. The summed E-state index contributed by atoms with van der Waals surface area (Å²) in [4.78, 5) is 5.35. The van der Waals surface area contributed by atoms with E-state index in [1.165, 1.54) is 4.90 Å². The van der Waals surface area contributed by atoms with E-state index in [4.69, 9.17) is 4.52 Å². The van der Waals surface area contributed by atoms with Gasteiger partial charge in [0.1, 0.15) is 0 Å². The number of aromatic nitrogens is 2. The second-order valence-corrected chi connectivity index (χ2v) is 4.97. The van der Waals surface area contributed by atoms with E-state index in [2.05, 4.69) is 10.1 Å². The lowest BCUT2D eigenvalue weighted by Gasteiger charge is -2.25. The number of hydrogen-bond donors (Lipinski definition) is 1. The maximum Gasteiger partial charge on any atom is 0.419 e. The summed E-state index contributed by atoms with van der Waals surface area (Å²) in [7, 11) is 0. The van der Waals surface area contributed by atoms with E-state index < -0.39 is 24.7 Å². The molecule has 1 aromatic carbocycles. The fourth-order valence-corrected chi connectivity index (χ4v) is 2.24. The van der Waals surface area contributed by atoms with Crippen molar-refractivity contribution in [3.05, 3.63) is 30.3 Å². The highest BCUT2D eigenvalue weighted by Crippen LogP contribution is 2.38. The first-order valence-electron chi connectivity index (χ1n) is 6.32. The Morgan fingerprint density at radius 2 is 1.95 bits per heavy atom. The maximum atomic E-state index is 12.8. The van der Waals surface area contributed by atoms with E-state index in [1.54, 1.807) is 24.3 Å². The van der Waals surface area contributed by atoms with Crippen molar-refractivity contribution >= 4 is 5.95 Å². The van der Waals surface area contributed by atoms with Crippen LogP contribution in [0.2, 0.25) is 0 Å². The van der Waals surface area contributed by atoms with Crippen LogP contribution in [0, 0.1) is 0 Å². The van der Waals surface area contributed by atoms with Crippen LogP contribution < -0.4 is 4.90 Å². The van der Waals surface area contributed by atoms with E-state index in [-0.39, 0.29) is 18.4 Å². The van der Waals surface area contributed by atoms with E-state index in [0.717, 1.165) is 0 Å². The average Bonchev–Trinajstić information content (AvgIpc) is 3.06. The molecule has 0 bridgehead atoms. The highest BCUT2D eigenvalue weighted by molar-refractivity contribution is 5.54. The molecule has 1 saturated heterocycles. The van der Waals surface area contributed by atoms with Crippen LogP contribution >= 0.6 is 0 Å². The number of alkyl halides is 3. The Morgan fingerprint density at radius 1 is 1.24 bits per heavy atom. The highest BCUT2D eigenvalue weighted by Gasteiger charge is 2.57. The Hall–Kier alpha value is -2.09. The summed E-state index contributed by atoms with van der Waals surface area (Å²) in [5.74, 6) is 0.280. The van der Waals surface area contributed by atoms with Crippen LogP contribution in [0.15, 0.2) is 34.9 Å². The van der Waals surface area contributed by atoms with Gasteiger partial charge in [-0.2, -0.15) is 18.2 Å². The van der Waals surface area contributed by atoms with Gasteiger partial charge in [0.2, 0.25) is 0 Å². The van der Waals surface area contributed by atoms with Gasteiger partial charge in [0, 0.05) is 18.5 Å². The molecule has 3 rings (SSSR count). The van der Waals surface area contributed by atoms with E-state index in [1.807, 2.05) is 6.07 Å². The molecule has 2 aromatic rings. The number of benzene rings is 1. The zero-order valence-corrected chi connectivity index (χ0v) is 10.8. The Kier molecular flexibility index (Phi) is 3.12. The summed E-state index contributed by atoms with van der Waals surface area (Å²) >= 11 is 0. The molecule has 1 fully saturated rings. The molecule has 0 saturated carbocycles. The third kappa shape index (κ3) is 2.46. The molecule has 1 N–H and O–H groups in total. The summed E-state index contributed by atoms with van der Waals surface area (Å²) in [6, 6.07) is 8.92. The van der Waals surface area contributed by atoms with Crippen LogP contribution in [0.3, 0.4) is 0 Å². The summed E-state index contributed by atoms with van der Waals surface area (Å²) in [6.07, 6.45) is -5.08. The van der Waals surface area contributed by atoms with E-state index >= 15 is 0 Å². The van der Waals surface area contributed by atoms with Gasteiger partial charge < -0.3 is 14.5 Å².